The Labute approximate surface area is 189 Å². The van der Waals surface area contributed by atoms with Crippen LogP contribution in [0.15, 0.2) is 54.7 Å². The van der Waals surface area contributed by atoms with Gasteiger partial charge in [-0.05, 0) is 61.8 Å². The minimum atomic E-state index is -0.929. The molecule has 0 bridgehead atoms. The summed E-state index contributed by atoms with van der Waals surface area (Å²) in [5.41, 5.74) is 2.89. The summed E-state index contributed by atoms with van der Waals surface area (Å²) >= 11 is 0. The highest BCUT2D eigenvalue weighted by Crippen LogP contribution is 2.28. The number of nitrogens with zero attached hydrogens (tertiary/aromatic N) is 3. The Morgan fingerprint density at radius 2 is 1.91 bits per heavy atom. The number of aromatic nitrogens is 3. The summed E-state index contributed by atoms with van der Waals surface area (Å²) in [7, 11) is 0. The van der Waals surface area contributed by atoms with E-state index in [9.17, 15) is 13.6 Å². The predicted molar refractivity (Wildman–Crippen MR) is 123 cm³/mol. The van der Waals surface area contributed by atoms with Crippen LogP contribution >= 0.6 is 0 Å². The van der Waals surface area contributed by atoms with Crippen molar-refractivity contribution in [3.63, 3.8) is 0 Å². The molecule has 1 amide bonds. The van der Waals surface area contributed by atoms with Crippen molar-refractivity contribution in [2.75, 3.05) is 18.4 Å². The Morgan fingerprint density at radius 3 is 2.70 bits per heavy atom. The molecule has 2 N–H and O–H groups in total. The smallest absolute Gasteiger partial charge is 0.276 e. The molecule has 0 spiro atoms. The minimum absolute atomic E-state index is 0.123. The number of hydrogen-bond acceptors (Lipinski definition) is 4. The monoisotopic (exact) mass is 447 g/mol. The normalized spacial score (nSPS) is 14.5. The number of fused-ring (bicyclic) bond motifs is 1. The standard InChI is InChI=1S/C25H23F2N5O/c26-21-6-4-5-19(23(21)27)16-7-10-22-20(13-16)24(31-30-22)25(33)29-17-8-9-18(28-14-17)15-32-11-2-1-3-12-32/h4-10,13-14H,1-3,11-12,15H2,(H,29,33)(H,30,31). The summed E-state index contributed by atoms with van der Waals surface area (Å²) in [5, 5.41) is 10.3. The van der Waals surface area contributed by atoms with E-state index >= 15 is 0 Å². The summed E-state index contributed by atoms with van der Waals surface area (Å²) in [5.74, 6) is -2.26. The third-order valence-electron chi connectivity index (χ3n) is 5.96. The molecule has 1 aliphatic rings. The van der Waals surface area contributed by atoms with Gasteiger partial charge in [0, 0.05) is 17.5 Å². The molecule has 0 saturated carbocycles. The molecule has 4 aromatic rings. The number of halogens is 2. The van der Waals surface area contributed by atoms with Crippen molar-refractivity contribution in [3.05, 3.63) is 77.8 Å². The average molecular weight is 447 g/mol. The number of piperidine rings is 1. The molecule has 0 radical (unpaired) electrons. The van der Waals surface area contributed by atoms with Crippen molar-refractivity contribution in [2.45, 2.75) is 25.8 Å². The lowest BCUT2D eigenvalue weighted by Gasteiger charge is -2.25. The zero-order chi connectivity index (χ0) is 22.8. The van der Waals surface area contributed by atoms with Crippen LogP contribution < -0.4 is 5.32 Å². The molecule has 1 saturated heterocycles. The van der Waals surface area contributed by atoms with E-state index in [0.29, 0.717) is 22.2 Å². The molecule has 1 fully saturated rings. The lowest BCUT2D eigenvalue weighted by molar-refractivity contribution is 0.102. The van der Waals surface area contributed by atoms with Gasteiger partial charge in [0.2, 0.25) is 0 Å². The number of nitrogens with one attached hydrogen (secondary N) is 2. The molecule has 1 aliphatic heterocycles. The van der Waals surface area contributed by atoms with Crippen LogP contribution in [-0.4, -0.2) is 39.1 Å². The molecule has 168 valence electrons. The van der Waals surface area contributed by atoms with E-state index in [1.807, 2.05) is 12.1 Å². The molecule has 5 rings (SSSR count). The second-order valence-electron chi connectivity index (χ2n) is 8.26. The first-order valence-electron chi connectivity index (χ1n) is 11.0. The quantitative estimate of drug-likeness (QED) is 0.444. The first-order valence-corrected chi connectivity index (χ1v) is 11.0. The molecule has 2 aromatic carbocycles. The van der Waals surface area contributed by atoms with Gasteiger partial charge >= 0.3 is 0 Å². The molecule has 0 atom stereocenters. The van der Waals surface area contributed by atoms with Gasteiger partial charge in [0.05, 0.1) is 23.1 Å². The van der Waals surface area contributed by atoms with Gasteiger partial charge in [-0.25, -0.2) is 8.78 Å². The second-order valence-corrected chi connectivity index (χ2v) is 8.26. The highest BCUT2D eigenvalue weighted by atomic mass is 19.2. The summed E-state index contributed by atoms with van der Waals surface area (Å²) < 4.78 is 27.9. The van der Waals surface area contributed by atoms with Crippen LogP contribution in [0.4, 0.5) is 14.5 Å². The van der Waals surface area contributed by atoms with Crippen molar-refractivity contribution >= 4 is 22.5 Å². The van der Waals surface area contributed by atoms with Gasteiger partial charge in [-0.1, -0.05) is 24.6 Å². The lowest BCUT2D eigenvalue weighted by atomic mass is 10.0. The third kappa shape index (κ3) is 4.47. The molecule has 0 aliphatic carbocycles. The minimum Gasteiger partial charge on any atom is -0.319 e. The first-order chi connectivity index (χ1) is 16.1. The summed E-state index contributed by atoms with van der Waals surface area (Å²) in [4.78, 5) is 19.8. The number of hydrogen-bond donors (Lipinski definition) is 2. The highest BCUT2D eigenvalue weighted by Gasteiger charge is 2.17. The van der Waals surface area contributed by atoms with Crippen molar-refractivity contribution < 1.29 is 13.6 Å². The predicted octanol–water partition coefficient (Wildman–Crippen LogP) is 5.14. The van der Waals surface area contributed by atoms with Gasteiger partial charge in [-0.15, -0.1) is 0 Å². The van der Waals surface area contributed by atoms with Gasteiger partial charge in [0.25, 0.3) is 5.91 Å². The fourth-order valence-electron chi connectivity index (χ4n) is 4.21. The summed E-state index contributed by atoms with van der Waals surface area (Å²) in [6, 6.07) is 12.7. The maximum Gasteiger partial charge on any atom is 0.276 e. The van der Waals surface area contributed by atoms with Gasteiger partial charge in [-0.3, -0.25) is 19.8 Å². The van der Waals surface area contributed by atoms with E-state index in [2.05, 4.69) is 25.4 Å². The molecule has 6 nitrogen and oxygen atoms in total. The van der Waals surface area contributed by atoms with E-state index in [4.69, 9.17) is 0 Å². The number of carbonyl (C=O) groups excluding carboxylic acids is 1. The molecule has 0 unspecified atom stereocenters. The van der Waals surface area contributed by atoms with Crippen LogP contribution in [0.25, 0.3) is 22.0 Å². The summed E-state index contributed by atoms with van der Waals surface area (Å²) in [6.07, 6.45) is 5.37. The van der Waals surface area contributed by atoms with E-state index in [1.54, 1.807) is 24.4 Å². The number of pyridine rings is 1. The Hall–Kier alpha value is -3.65. The number of benzene rings is 2. The van der Waals surface area contributed by atoms with Gasteiger partial charge in [0.15, 0.2) is 17.3 Å². The zero-order valence-corrected chi connectivity index (χ0v) is 17.9. The molecular weight excluding hydrogens is 424 g/mol. The van der Waals surface area contributed by atoms with Gasteiger partial charge in [0.1, 0.15) is 0 Å². The molecule has 2 aromatic heterocycles. The van der Waals surface area contributed by atoms with Crippen molar-refractivity contribution in [3.8, 4) is 11.1 Å². The maximum atomic E-state index is 14.3. The lowest BCUT2D eigenvalue weighted by Crippen LogP contribution is -2.29. The number of rotatable bonds is 5. The average Bonchev–Trinajstić information content (AvgIpc) is 3.26. The van der Waals surface area contributed by atoms with E-state index in [-0.39, 0.29) is 11.3 Å². The third-order valence-corrected chi connectivity index (χ3v) is 5.96. The van der Waals surface area contributed by atoms with E-state index in [1.165, 1.54) is 31.4 Å². The fourth-order valence-corrected chi connectivity index (χ4v) is 4.21. The van der Waals surface area contributed by atoms with Crippen molar-refractivity contribution in [1.82, 2.24) is 20.1 Å². The van der Waals surface area contributed by atoms with E-state index in [0.717, 1.165) is 31.4 Å². The first kappa shape index (κ1) is 21.2. The topological polar surface area (TPSA) is 73.9 Å². The van der Waals surface area contributed by atoms with Crippen molar-refractivity contribution in [1.29, 1.82) is 0 Å². The van der Waals surface area contributed by atoms with Crippen LogP contribution in [0.5, 0.6) is 0 Å². The molecule has 33 heavy (non-hydrogen) atoms. The number of anilines is 1. The Kier molecular flexibility index (Phi) is 5.83. The summed E-state index contributed by atoms with van der Waals surface area (Å²) in [6.45, 7) is 2.99. The van der Waals surface area contributed by atoms with Crippen LogP contribution in [-0.2, 0) is 6.54 Å². The van der Waals surface area contributed by atoms with Crippen LogP contribution in [0, 0.1) is 11.6 Å². The number of carbonyl (C=O) groups is 1. The number of H-pyrrole nitrogens is 1. The fraction of sp³-hybridized carbons (Fsp3) is 0.240. The molecule has 3 heterocycles. The Balaban J connectivity index is 1.34. The molecule has 8 heteroatoms. The number of likely N-dealkylation sites (tertiary alicyclic amines) is 1. The van der Waals surface area contributed by atoms with Crippen LogP contribution in [0.2, 0.25) is 0 Å². The largest absolute Gasteiger partial charge is 0.319 e. The van der Waals surface area contributed by atoms with Gasteiger partial charge < -0.3 is 5.32 Å². The molecular formula is C25H23F2N5O. The SMILES string of the molecule is O=C(Nc1ccc(CN2CCCCC2)nc1)c1n[nH]c2ccc(-c3cccc(F)c3F)cc12. The second kappa shape index (κ2) is 9.07. The van der Waals surface area contributed by atoms with Crippen molar-refractivity contribution in [2.24, 2.45) is 0 Å². The number of amides is 1. The Bertz CT molecular complexity index is 1300. The number of aromatic amines is 1. The van der Waals surface area contributed by atoms with Crippen LogP contribution in [0.3, 0.4) is 0 Å². The van der Waals surface area contributed by atoms with Gasteiger partial charge in [-0.2, -0.15) is 5.10 Å². The Morgan fingerprint density at radius 1 is 1.06 bits per heavy atom. The zero-order valence-electron chi connectivity index (χ0n) is 17.9. The van der Waals surface area contributed by atoms with Crippen LogP contribution in [0.1, 0.15) is 35.4 Å². The maximum absolute atomic E-state index is 14.3. The highest BCUT2D eigenvalue weighted by molar-refractivity contribution is 6.11. The van der Waals surface area contributed by atoms with E-state index < -0.39 is 17.5 Å².